The molecule has 0 fully saturated rings. The van der Waals surface area contributed by atoms with E-state index < -0.39 is 0 Å². The van der Waals surface area contributed by atoms with Crippen molar-refractivity contribution < 1.29 is 19.3 Å². The number of para-hydroxylation sites is 1. The van der Waals surface area contributed by atoms with Crippen LogP contribution in [0.1, 0.15) is 36.7 Å². The molecule has 3 amide bonds. The second-order valence-electron chi connectivity index (χ2n) is 8.69. The van der Waals surface area contributed by atoms with Crippen molar-refractivity contribution in [2.75, 3.05) is 32.0 Å². The van der Waals surface area contributed by atoms with Crippen molar-refractivity contribution in [1.82, 2.24) is 10.6 Å². The van der Waals surface area contributed by atoms with Crippen molar-refractivity contribution in [3.8, 4) is 0 Å². The summed E-state index contributed by atoms with van der Waals surface area (Å²) in [6.07, 6.45) is 0.728. The Morgan fingerprint density at radius 2 is 1.48 bits per heavy atom. The van der Waals surface area contributed by atoms with Gasteiger partial charge in [-0.05, 0) is 44.9 Å². The predicted octanol–water partition coefficient (Wildman–Crippen LogP) is 1.03. The van der Waals surface area contributed by atoms with E-state index in [9.17, 15) is 14.4 Å². The summed E-state index contributed by atoms with van der Waals surface area (Å²) in [6, 6.07) is 16.8. The molecule has 0 bridgehead atoms. The molecule has 7 nitrogen and oxygen atoms in total. The van der Waals surface area contributed by atoms with Crippen molar-refractivity contribution in [3.63, 3.8) is 0 Å². The number of carbonyl (C=O) groups is 3. The van der Waals surface area contributed by atoms with E-state index in [1.807, 2.05) is 51.1 Å². The van der Waals surface area contributed by atoms with Crippen LogP contribution in [0.2, 0.25) is 0 Å². The smallest absolute Gasteiger partial charge is 0.279 e. The Kier molecular flexibility index (Phi) is 8.75. The summed E-state index contributed by atoms with van der Waals surface area (Å²) in [7, 11) is 1.78. The number of hydrogen-bond acceptors (Lipinski definition) is 3. The van der Waals surface area contributed by atoms with Gasteiger partial charge in [-0.3, -0.25) is 14.4 Å². The lowest BCUT2D eigenvalue weighted by atomic mass is 10.1. The number of benzene rings is 2. The van der Waals surface area contributed by atoms with Crippen LogP contribution in [0.4, 0.5) is 5.69 Å². The fourth-order valence-corrected chi connectivity index (χ4v) is 3.12. The number of likely N-dealkylation sites (N-methyl/N-ethyl adjacent to an activating group) is 1. The van der Waals surface area contributed by atoms with Gasteiger partial charge in [0.05, 0.1) is 18.3 Å². The quantitative estimate of drug-likeness (QED) is 0.484. The number of hydrogen-bond donors (Lipinski definition) is 4. The SMILES string of the molecule is C[NH+](CC(=O)Nc1ccccc1C(=O)NCCc1ccccc1)CC(=O)NC(C)(C)C. The lowest BCUT2D eigenvalue weighted by molar-refractivity contribution is -0.862. The van der Waals surface area contributed by atoms with Gasteiger partial charge in [0.1, 0.15) is 0 Å². The highest BCUT2D eigenvalue weighted by Gasteiger charge is 2.20. The normalized spacial score (nSPS) is 12.0. The molecular weight excluding hydrogens is 392 g/mol. The summed E-state index contributed by atoms with van der Waals surface area (Å²) in [5.41, 5.74) is 1.70. The minimum atomic E-state index is -0.313. The second-order valence-corrected chi connectivity index (χ2v) is 8.69. The van der Waals surface area contributed by atoms with Crippen LogP contribution in [0.25, 0.3) is 0 Å². The molecule has 2 aromatic rings. The monoisotopic (exact) mass is 425 g/mol. The van der Waals surface area contributed by atoms with Gasteiger partial charge < -0.3 is 20.9 Å². The van der Waals surface area contributed by atoms with E-state index in [-0.39, 0.29) is 36.3 Å². The van der Waals surface area contributed by atoms with E-state index in [1.165, 1.54) is 0 Å². The first-order valence-corrected chi connectivity index (χ1v) is 10.5. The van der Waals surface area contributed by atoms with Crippen LogP contribution in [0.15, 0.2) is 54.6 Å². The first-order valence-electron chi connectivity index (χ1n) is 10.5. The van der Waals surface area contributed by atoms with Crippen molar-refractivity contribution in [1.29, 1.82) is 0 Å². The standard InChI is InChI=1S/C24H32N4O3/c1-24(2,3)27-22(30)17-28(4)16-21(29)26-20-13-9-8-12-19(20)23(31)25-15-14-18-10-6-5-7-11-18/h5-13H,14-17H2,1-4H3,(H,25,31)(H,26,29)(H,27,30)/p+1. The van der Waals surface area contributed by atoms with E-state index in [0.717, 1.165) is 16.9 Å². The largest absolute Gasteiger partial charge is 0.352 e. The molecule has 0 aliphatic carbocycles. The number of quaternary nitrogens is 1. The minimum absolute atomic E-state index is 0.113. The van der Waals surface area contributed by atoms with Gasteiger partial charge in [0.15, 0.2) is 13.1 Å². The lowest BCUT2D eigenvalue weighted by Crippen LogP contribution is -3.11. The number of rotatable bonds is 9. The average molecular weight is 426 g/mol. The molecule has 31 heavy (non-hydrogen) atoms. The lowest BCUT2D eigenvalue weighted by Gasteiger charge is -2.21. The van der Waals surface area contributed by atoms with Gasteiger partial charge in [-0.15, -0.1) is 0 Å². The highest BCUT2D eigenvalue weighted by Crippen LogP contribution is 2.14. The summed E-state index contributed by atoms with van der Waals surface area (Å²) in [5.74, 6) is -0.612. The zero-order chi connectivity index (χ0) is 22.9. The molecule has 1 atom stereocenters. The predicted molar refractivity (Wildman–Crippen MR) is 122 cm³/mol. The van der Waals surface area contributed by atoms with Crippen molar-refractivity contribution in [2.45, 2.75) is 32.7 Å². The van der Waals surface area contributed by atoms with Crippen molar-refractivity contribution in [3.05, 3.63) is 65.7 Å². The van der Waals surface area contributed by atoms with Gasteiger partial charge in [-0.1, -0.05) is 42.5 Å². The molecule has 0 aliphatic rings. The summed E-state index contributed by atoms with van der Waals surface area (Å²) in [4.78, 5) is 37.9. The first kappa shape index (κ1) is 24.1. The molecule has 2 aromatic carbocycles. The maximum absolute atomic E-state index is 12.6. The van der Waals surface area contributed by atoms with E-state index in [1.54, 1.807) is 31.3 Å². The van der Waals surface area contributed by atoms with Gasteiger partial charge >= 0.3 is 0 Å². The third kappa shape index (κ3) is 9.00. The van der Waals surface area contributed by atoms with Gasteiger partial charge in [0.25, 0.3) is 17.7 Å². The van der Waals surface area contributed by atoms with Gasteiger partial charge in [0, 0.05) is 12.1 Å². The highest BCUT2D eigenvalue weighted by molar-refractivity contribution is 6.03. The summed E-state index contributed by atoms with van der Waals surface area (Å²) in [5, 5.41) is 8.58. The summed E-state index contributed by atoms with van der Waals surface area (Å²) < 4.78 is 0. The van der Waals surface area contributed by atoms with Crippen LogP contribution in [0, 0.1) is 0 Å². The second kappa shape index (κ2) is 11.3. The van der Waals surface area contributed by atoms with E-state index in [4.69, 9.17) is 0 Å². The molecule has 0 aromatic heterocycles. The molecule has 0 spiro atoms. The molecule has 2 rings (SSSR count). The molecule has 0 saturated carbocycles. The van der Waals surface area contributed by atoms with Crippen LogP contribution >= 0.6 is 0 Å². The Hall–Kier alpha value is -3.19. The molecule has 0 heterocycles. The zero-order valence-corrected chi connectivity index (χ0v) is 18.7. The van der Waals surface area contributed by atoms with E-state index >= 15 is 0 Å². The van der Waals surface area contributed by atoms with Gasteiger partial charge in [-0.25, -0.2) is 0 Å². The van der Waals surface area contributed by atoms with Gasteiger partial charge in [0.2, 0.25) is 0 Å². The molecular formula is C24H33N4O3+. The highest BCUT2D eigenvalue weighted by atomic mass is 16.2. The number of carbonyl (C=O) groups excluding carboxylic acids is 3. The number of amides is 3. The van der Waals surface area contributed by atoms with Crippen molar-refractivity contribution >= 4 is 23.4 Å². The average Bonchev–Trinajstić information content (AvgIpc) is 2.67. The van der Waals surface area contributed by atoms with Gasteiger partial charge in [-0.2, -0.15) is 0 Å². The number of nitrogens with one attached hydrogen (secondary N) is 4. The Morgan fingerprint density at radius 3 is 2.16 bits per heavy atom. The molecule has 0 radical (unpaired) electrons. The van der Waals surface area contributed by atoms with Crippen LogP contribution < -0.4 is 20.9 Å². The fourth-order valence-electron chi connectivity index (χ4n) is 3.12. The number of anilines is 1. The summed E-state index contributed by atoms with van der Waals surface area (Å²) in [6.45, 7) is 6.53. The maximum atomic E-state index is 12.6. The van der Waals surface area contributed by atoms with E-state index in [2.05, 4.69) is 16.0 Å². The summed E-state index contributed by atoms with van der Waals surface area (Å²) >= 11 is 0. The molecule has 1 unspecified atom stereocenters. The van der Waals surface area contributed by atoms with Crippen LogP contribution in [0.5, 0.6) is 0 Å². The Balaban J connectivity index is 1.88. The Bertz CT molecular complexity index is 891. The topological polar surface area (TPSA) is 91.7 Å². The van der Waals surface area contributed by atoms with Crippen LogP contribution in [-0.4, -0.2) is 49.9 Å². The Labute approximate surface area is 184 Å². The van der Waals surface area contributed by atoms with Crippen molar-refractivity contribution in [2.24, 2.45) is 0 Å². The molecule has 166 valence electrons. The fraction of sp³-hybridized carbons (Fsp3) is 0.375. The third-order valence-electron chi connectivity index (χ3n) is 4.43. The molecule has 7 heteroatoms. The molecule has 0 saturated heterocycles. The molecule has 4 N–H and O–H groups in total. The van der Waals surface area contributed by atoms with Crippen LogP contribution in [-0.2, 0) is 16.0 Å². The first-order chi connectivity index (χ1) is 14.6. The van der Waals surface area contributed by atoms with Crippen LogP contribution in [0.3, 0.4) is 0 Å². The zero-order valence-electron chi connectivity index (χ0n) is 18.7. The van der Waals surface area contributed by atoms with E-state index in [0.29, 0.717) is 17.8 Å². The third-order valence-corrected chi connectivity index (χ3v) is 4.43. The minimum Gasteiger partial charge on any atom is -0.352 e. The maximum Gasteiger partial charge on any atom is 0.279 e. The molecule has 0 aliphatic heterocycles. The Morgan fingerprint density at radius 1 is 0.871 bits per heavy atom.